The molecule has 4 rings (SSSR count). The van der Waals surface area contributed by atoms with E-state index in [0.29, 0.717) is 0 Å². The van der Waals surface area contributed by atoms with Crippen LogP contribution in [0.1, 0.15) is 11.1 Å². The van der Waals surface area contributed by atoms with Gasteiger partial charge in [-0.25, -0.2) is 0 Å². The zero-order valence-corrected chi connectivity index (χ0v) is 10.3. The number of rotatable bonds is 0. The first-order valence-corrected chi connectivity index (χ1v) is 6.76. The van der Waals surface area contributed by atoms with E-state index in [1.807, 2.05) is 18.0 Å². The molecule has 0 aliphatic carbocycles. The third-order valence-electron chi connectivity index (χ3n) is 3.63. The summed E-state index contributed by atoms with van der Waals surface area (Å²) in [6.45, 7) is 2.24. The maximum atomic E-state index is 4.60. The van der Waals surface area contributed by atoms with Gasteiger partial charge in [0.05, 0.1) is 5.52 Å². The molecule has 3 aromatic rings. The Kier molecular flexibility index (Phi) is 1.80. The molecule has 82 valence electrons. The summed E-state index contributed by atoms with van der Waals surface area (Å²) in [6, 6.07) is 10.7. The van der Waals surface area contributed by atoms with Crippen molar-refractivity contribution in [1.82, 2.24) is 4.98 Å². The van der Waals surface area contributed by atoms with Crippen LogP contribution >= 0.6 is 11.8 Å². The first-order chi connectivity index (χ1) is 8.36. The van der Waals surface area contributed by atoms with Gasteiger partial charge in [-0.05, 0) is 29.5 Å². The summed E-state index contributed by atoms with van der Waals surface area (Å²) in [5.41, 5.74) is 4.07. The molecule has 0 bridgehead atoms. The summed E-state index contributed by atoms with van der Waals surface area (Å²) >= 11 is 1.93. The number of aryl methyl sites for hydroxylation is 1. The van der Waals surface area contributed by atoms with Gasteiger partial charge in [0.15, 0.2) is 0 Å². The summed E-state index contributed by atoms with van der Waals surface area (Å²) in [4.78, 5) is 5.99. The van der Waals surface area contributed by atoms with E-state index >= 15 is 0 Å². The normalized spacial score (nSPS) is 13.7. The Hall–Kier alpha value is -1.54. The van der Waals surface area contributed by atoms with Gasteiger partial charge in [-0.15, -0.1) is 11.8 Å². The molecule has 0 N–H and O–H groups in total. The molecule has 0 saturated heterocycles. The van der Waals surface area contributed by atoms with Crippen LogP contribution in [-0.4, -0.2) is 4.98 Å². The molecule has 0 fully saturated rings. The number of thioether (sulfide) groups is 1. The first kappa shape index (κ1) is 9.49. The number of hydrogen-bond donors (Lipinski definition) is 0. The van der Waals surface area contributed by atoms with E-state index in [0.717, 1.165) is 5.75 Å². The minimum Gasteiger partial charge on any atom is -0.256 e. The second kappa shape index (κ2) is 3.23. The summed E-state index contributed by atoms with van der Waals surface area (Å²) in [6.07, 6.45) is 1.93. The molecule has 0 unspecified atom stereocenters. The van der Waals surface area contributed by atoms with Crippen LogP contribution in [0, 0.1) is 6.92 Å². The summed E-state index contributed by atoms with van der Waals surface area (Å²) < 4.78 is 0. The fourth-order valence-electron chi connectivity index (χ4n) is 2.76. The maximum Gasteiger partial charge on any atom is 0.0794 e. The van der Waals surface area contributed by atoms with Crippen LogP contribution in [0.15, 0.2) is 41.4 Å². The number of aromatic nitrogens is 1. The second-order valence-electron chi connectivity index (χ2n) is 4.47. The smallest absolute Gasteiger partial charge is 0.0794 e. The van der Waals surface area contributed by atoms with Gasteiger partial charge in [0.2, 0.25) is 0 Å². The van der Waals surface area contributed by atoms with Crippen LogP contribution in [0.2, 0.25) is 0 Å². The van der Waals surface area contributed by atoms with Crippen molar-refractivity contribution in [3.8, 4) is 0 Å². The van der Waals surface area contributed by atoms with Crippen molar-refractivity contribution in [1.29, 1.82) is 0 Å². The molecule has 2 aromatic carbocycles. The zero-order valence-electron chi connectivity index (χ0n) is 9.53. The van der Waals surface area contributed by atoms with Gasteiger partial charge in [-0.1, -0.05) is 24.3 Å². The second-order valence-corrected chi connectivity index (χ2v) is 5.49. The Morgan fingerprint density at radius 3 is 2.82 bits per heavy atom. The van der Waals surface area contributed by atoms with E-state index < -0.39 is 0 Å². The topological polar surface area (TPSA) is 12.9 Å². The molecule has 17 heavy (non-hydrogen) atoms. The van der Waals surface area contributed by atoms with Crippen molar-refractivity contribution in [2.75, 3.05) is 0 Å². The molecule has 0 amide bonds. The minimum atomic E-state index is 1.09. The SMILES string of the molecule is Cc1c2c3c(ccnc3c3ccccc13)SC2. The zero-order chi connectivity index (χ0) is 11.4. The lowest BCUT2D eigenvalue weighted by molar-refractivity contribution is 1.34. The van der Waals surface area contributed by atoms with Crippen molar-refractivity contribution in [2.24, 2.45) is 0 Å². The molecule has 2 heteroatoms. The summed E-state index contributed by atoms with van der Waals surface area (Å²) in [5, 5.41) is 4.02. The Morgan fingerprint density at radius 1 is 1.12 bits per heavy atom. The van der Waals surface area contributed by atoms with Crippen LogP contribution in [0.3, 0.4) is 0 Å². The molecule has 0 radical (unpaired) electrons. The van der Waals surface area contributed by atoms with Crippen molar-refractivity contribution >= 4 is 33.4 Å². The van der Waals surface area contributed by atoms with Crippen molar-refractivity contribution in [2.45, 2.75) is 17.6 Å². The van der Waals surface area contributed by atoms with Crippen LogP contribution < -0.4 is 0 Å². The summed E-state index contributed by atoms with van der Waals surface area (Å²) in [7, 11) is 0. The molecular weight excluding hydrogens is 226 g/mol. The number of benzene rings is 2. The number of pyridine rings is 1. The molecule has 1 aliphatic rings. The van der Waals surface area contributed by atoms with Gasteiger partial charge in [0, 0.05) is 27.6 Å². The van der Waals surface area contributed by atoms with Crippen LogP contribution in [-0.2, 0) is 5.75 Å². The van der Waals surface area contributed by atoms with Crippen molar-refractivity contribution in [3.63, 3.8) is 0 Å². The molecular formula is C15H11NS. The molecule has 0 saturated carbocycles. The fourth-order valence-corrected chi connectivity index (χ4v) is 3.94. The van der Waals surface area contributed by atoms with Crippen molar-refractivity contribution in [3.05, 3.63) is 47.7 Å². The van der Waals surface area contributed by atoms with E-state index in [4.69, 9.17) is 0 Å². The molecule has 0 spiro atoms. The number of hydrogen-bond acceptors (Lipinski definition) is 2. The third kappa shape index (κ3) is 1.14. The average molecular weight is 237 g/mol. The highest BCUT2D eigenvalue weighted by Gasteiger charge is 2.20. The Morgan fingerprint density at radius 2 is 1.94 bits per heavy atom. The van der Waals surface area contributed by atoms with E-state index in [9.17, 15) is 0 Å². The van der Waals surface area contributed by atoms with Crippen molar-refractivity contribution < 1.29 is 0 Å². The highest BCUT2D eigenvalue weighted by molar-refractivity contribution is 7.99. The highest BCUT2D eigenvalue weighted by Crippen LogP contribution is 2.44. The van der Waals surface area contributed by atoms with E-state index in [-0.39, 0.29) is 0 Å². The van der Waals surface area contributed by atoms with Gasteiger partial charge in [-0.3, -0.25) is 4.98 Å². The maximum absolute atomic E-state index is 4.60. The van der Waals surface area contributed by atoms with E-state index in [1.165, 1.54) is 37.7 Å². The number of fused-ring (bicyclic) bond motifs is 2. The monoisotopic (exact) mass is 237 g/mol. The van der Waals surface area contributed by atoms with Gasteiger partial charge >= 0.3 is 0 Å². The molecule has 2 heterocycles. The highest BCUT2D eigenvalue weighted by atomic mass is 32.2. The average Bonchev–Trinajstić information content (AvgIpc) is 2.81. The number of nitrogens with zero attached hydrogens (tertiary/aromatic N) is 1. The molecule has 0 atom stereocenters. The Labute approximate surface area is 104 Å². The van der Waals surface area contributed by atoms with Gasteiger partial charge < -0.3 is 0 Å². The fraction of sp³-hybridized carbons (Fsp3) is 0.133. The van der Waals surface area contributed by atoms with E-state index in [1.54, 1.807) is 0 Å². The minimum absolute atomic E-state index is 1.09. The quantitative estimate of drug-likeness (QED) is 0.541. The van der Waals surface area contributed by atoms with Gasteiger partial charge in [-0.2, -0.15) is 0 Å². The van der Waals surface area contributed by atoms with Crippen LogP contribution in [0.4, 0.5) is 0 Å². The Balaban J connectivity index is 2.39. The molecule has 1 nitrogen and oxygen atoms in total. The van der Waals surface area contributed by atoms with Crippen LogP contribution in [0.25, 0.3) is 21.7 Å². The van der Waals surface area contributed by atoms with Crippen LogP contribution in [0.5, 0.6) is 0 Å². The van der Waals surface area contributed by atoms with E-state index in [2.05, 4.69) is 42.2 Å². The first-order valence-electron chi connectivity index (χ1n) is 5.78. The standard InChI is InChI=1S/C15H11NS/c1-9-10-4-2-3-5-11(10)15-14-12(9)8-17-13(14)6-7-16-15/h2-7H,8H2,1H3. The lowest BCUT2D eigenvalue weighted by atomic mass is 9.96. The predicted molar refractivity (Wildman–Crippen MR) is 73.5 cm³/mol. The lowest BCUT2D eigenvalue weighted by Crippen LogP contribution is -1.90. The molecule has 1 aliphatic heterocycles. The summed E-state index contributed by atoms with van der Waals surface area (Å²) in [5.74, 6) is 1.09. The Bertz CT molecular complexity index is 762. The largest absolute Gasteiger partial charge is 0.256 e. The molecule has 1 aromatic heterocycles. The third-order valence-corrected chi connectivity index (χ3v) is 4.71. The van der Waals surface area contributed by atoms with Gasteiger partial charge in [0.25, 0.3) is 0 Å². The van der Waals surface area contributed by atoms with Gasteiger partial charge in [0.1, 0.15) is 0 Å². The predicted octanol–water partition coefficient (Wildman–Crippen LogP) is 4.30. The lowest BCUT2D eigenvalue weighted by Gasteiger charge is -2.09.